The molecule has 0 rings (SSSR count). The van der Waals surface area contributed by atoms with Crippen LogP contribution in [-0.4, -0.2) is 21.0 Å². The average molecular weight is 245 g/mol. The molecule has 0 aromatic rings. The van der Waals surface area contributed by atoms with Gasteiger partial charge in [-0.3, -0.25) is 0 Å². The summed E-state index contributed by atoms with van der Waals surface area (Å²) < 4.78 is 6.10. The maximum atomic E-state index is 6.10. The molecule has 0 aromatic heterocycles. The van der Waals surface area contributed by atoms with Crippen LogP contribution in [0.15, 0.2) is 0 Å². The lowest BCUT2D eigenvalue weighted by atomic mass is 10.1. The van der Waals surface area contributed by atoms with Crippen molar-refractivity contribution in [2.45, 2.75) is 77.6 Å². The molecule has 16 heavy (non-hydrogen) atoms. The highest BCUT2D eigenvalue weighted by Gasteiger charge is 2.36. The summed E-state index contributed by atoms with van der Waals surface area (Å²) in [7, 11) is -1.56. The van der Waals surface area contributed by atoms with Gasteiger partial charge < -0.3 is 10.2 Å². The Morgan fingerprint density at radius 3 is 2.19 bits per heavy atom. The third-order valence-electron chi connectivity index (χ3n) is 3.69. The zero-order valence-electron chi connectivity index (χ0n) is 12.1. The Labute approximate surface area is 103 Å². The summed E-state index contributed by atoms with van der Waals surface area (Å²) in [6.07, 6.45) is 4.61. The Bertz CT molecular complexity index is 187. The molecule has 2 nitrogen and oxygen atoms in total. The lowest BCUT2D eigenvalue weighted by Crippen LogP contribution is -2.41. The Kier molecular flexibility index (Phi) is 6.83. The van der Waals surface area contributed by atoms with E-state index in [2.05, 4.69) is 40.8 Å². The van der Waals surface area contributed by atoms with E-state index < -0.39 is 8.32 Å². The van der Waals surface area contributed by atoms with Crippen molar-refractivity contribution in [2.75, 3.05) is 6.61 Å². The molecule has 0 spiro atoms. The van der Waals surface area contributed by atoms with Gasteiger partial charge in [0.2, 0.25) is 0 Å². The molecule has 0 amide bonds. The van der Waals surface area contributed by atoms with Gasteiger partial charge in [-0.1, -0.05) is 40.5 Å². The molecule has 0 radical (unpaired) electrons. The highest BCUT2D eigenvalue weighted by molar-refractivity contribution is 6.74. The van der Waals surface area contributed by atoms with Gasteiger partial charge >= 0.3 is 0 Å². The van der Waals surface area contributed by atoms with Crippen LogP contribution in [0.2, 0.25) is 18.1 Å². The van der Waals surface area contributed by atoms with Gasteiger partial charge in [0.1, 0.15) is 0 Å². The second-order valence-electron chi connectivity index (χ2n) is 6.30. The Balaban J connectivity index is 3.81. The first kappa shape index (κ1) is 16.1. The van der Waals surface area contributed by atoms with E-state index in [-0.39, 0.29) is 0 Å². The van der Waals surface area contributed by atoms with Gasteiger partial charge in [-0.25, -0.2) is 0 Å². The van der Waals surface area contributed by atoms with Crippen molar-refractivity contribution in [3.63, 3.8) is 0 Å². The van der Waals surface area contributed by atoms with Crippen molar-refractivity contribution in [3.05, 3.63) is 0 Å². The minimum absolute atomic E-state index is 0.306. The van der Waals surface area contributed by atoms with Gasteiger partial charge in [-0.2, -0.15) is 0 Å². The predicted octanol–water partition coefficient (Wildman–Crippen LogP) is 3.92. The molecule has 0 fully saturated rings. The van der Waals surface area contributed by atoms with Crippen LogP contribution < -0.4 is 5.73 Å². The topological polar surface area (TPSA) is 35.2 Å². The van der Waals surface area contributed by atoms with Gasteiger partial charge in [0.15, 0.2) is 8.32 Å². The summed E-state index contributed by atoms with van der Waals surface area (Å²) in [4.78, 5) is 0. The van der Waals surface area contributed by atoms with Crippen molar-refractivity contribution >= 4 is 8.32 Å². The molecular weight excluding hydrogens is 214 g/mol. The normalized spacial score (nSPS) is 15.2. The molecule has 98 valence electrons. The van der Waals surface area contributed by atoms with Gasteiger partial charge in [0.25, 0.3) is 0 Å². The fourth-order valence-electron chi connectivity index (χ4n) is 1.29. The van der Waals surface area contributed by atoms with Crippen molar-refractivity contribution in [3.8, 4) is 0 Å². The average Bonchev–Trinajstić information content (AvgIpc) is 2.12. The first-order chi connectivity index (χ1) is 7.20. The van der Waals surface area contributed by atoms with E-state index in [9.17, 15) is 0 Å². The SMILES string of the molecule is CCCC[C@H](N)CCO[Si](C)(C)C(C)(C)C. The lowest BCUT2D eigenvalue weighted by molar-refractivity contribution is 0.268. The van der Waals surface area contributed by atoms with Crippen LogP contribution in [0.25, 0.3) is 0 Å². The Hall–Kier alpha value is 0.137. The van der Waals surface area contributed by atoms with Crippen molar-refractivity contribution < 1.29 is 4.43 Å². The van der Waals surface area contributed by atoms with Crippen molar-refractivity contribution in [2.24, 2.45) is 5.73 Å². The maximum absolute atomic E-state index is 6.10. The highest BCUT2D eigenvalue weighted by atomic mass is 28.4. The second-order valence-corrected chi connectivity index (χ2v) is 11.1. The number of hydrogen-bond acceptors (Lipinski definition) is 2. The minimum Gasteiger partial charge on any atom is -0.417 e. The second kappa shape index (κ2) is 6.77. The van der Waals surface area contributed by atoms with E-state index in [1.165, 1.54) is 12.8 Å². The zero-order chi connectivity index (χ0) is 12.8. The monoisotopic (exact) mass is 245 g/mol. The standard InChI is InChI=1S/C13H31NOSi/c1-7-8-9-12(14)10-11-15-16(5,6)13(2,3)4/h12H,7-11,14H2,1-6H3/t12-/m0/s1. The Morgan fingerprint density at radius 1 is 1.19 bits per heavy atom. The van der Waals surface area contributed by atoms with E-state index in [0.29, 0.717) is 11.1 Å². The molecule has 0 unspecified atom stereocenters. The fourth-order valence-corrected chi connectivity index (χ4v) is 2.35. The van der Waals surface area contributed by atoms with Gasteiger partial charge in [0.05, 0.1) is 0 Å². The predicted molar refractivity (Wildman–Crippen MR) is 75.3 cm³/mol. The van der Waals surface area contributed by atoms with Crippen LogP contribution in [0.5, 0.6) is 0 Å². The maximum Gasteiger partial charge on any atom is 0.191 e. The van der Waals surface area contributed by atoms with Crippen LogP contribution in [0.3, 0.4) is 0 Å². The van der Waals surface area contributed by atoms with Gasteiger partial charge in [0, 0.05) is 12.6 Å². The molecule has 0 heterocycles. The first-order valence-corrected chi connectivity index (χ1v) is 9.51. The molecule has 0 aliphatic rings. The van der Waals surface area contributed by atoms with Crippen LogP contribution in [0, 0.1) is 0 Å². The van der Waals surface area contributed by atoms with E-state index >= 15 is 0 Å². The molecule has 1 atom stereocenters. The number of rotatable bonds is 7. The van der Waals surface area contributed by atoms with Crippen LogP contribution in [0.4, 0.5) is 0 Å². The molecule has 3 heteroatoms. The summed E-state index contributed by atoms with van der Waals surface area (Å²) in [5.74, 6) is 0. The summed E-state index contributed by atoms with van der Waals surface area (Å²) in [5.41, 5.74) is 6.03. The van der Waals surface area contributed by atoms with E-state index in [1.807, 2.05) is 0 Å². The van der Waals surface area contributed by atoms with Crippen LogP contribution >= 0.6 is 0 Å². The quantitative estimate of drug-likeness (QED) is 0.690. The fraction of sp³-hybridized carbons (Fsp3) is 1.00. The zero-order valence-corrected chi connectivity index (χ0v) is 13.1. The van der Waals surface area contributed by atoms with Gasteiger partial charge in [-0.05, 0) is 31.0 Å². The number of nitrogens with two attached hydrogens (primary N) is 1. The van der Waals surface area contributed by atoms with Crippen LogP contribution in [-0.2, 0) is 4.43 Å². The van der Waals surface area contributed by atoms with E-state index in [1.54, 1.807) is 0 Å². The Morgan fingerprint density at radius 2 is 1.75 bits per heavy atom. The molecule has 0 saturated heterocycles. The molecule has 0 bridgehead atoms. The number of hydrogen-bond donors (Lipinski definition) is 1. The molecule has 2 N–H and O–H groups in total. The van der Waals surface area contributed by atoms with Crippen molar-refractivity contribution in [1.29, 1.82) is 0 Å². The molecule has 0 aliphatic heterocycles. The summed E-state index contributed by atoms with van der Waals surface area (Å²) in [6.45, 7) is 14.5. The van der Waals surface area contributed by atoms with E-state index in [4.69, 9.17) is 10.2 Å². The smallest absolute Gasteiger partial charge is 0.191 e. The van der Waals surface area contributed by atoms with Crippen LogP contribution in [0.1, 0.15) is 53.4 Å². The lowest BCUT2D eigenvalue weighted by Gasteiger charge is -2.36. The first-order valence-electron chi connectivity index (χ1n) is 6.60. The molecule has 0 saturated carbocycles. The third kappa shape index (κ3) is 6.02. The molecular formula is C13H31NOSi. The highest BCUT2D eigenvalue weighted by Crippen LogP contribution is 2.36. The largest absolute Gasteiger partial charge is 0.417 e. The van der Waals surface area contributed by atoms with E-state index in [0.717, 1.165) is 19.4 Å². The molecule has 0 aliphatic carbocycles. The third-order valence-corrected chi connectivity index (χ3v) is 8.22. The van der Waals surface area contributed by atoms with Crippen molar-refractivity contribution in [1.82, 2.24) is 0 Å². The molecule has 0 aromatic carbocycles. The summed E-state index contributed by atoms with van der Waals surface area (Å²) in [6, 6.07) is 0.324. The summed E-state index contributed by atoms with van der Waals surface area (Å²) >= 11 is 0. The summed E-state index contributed by atoms with van der Waals surface area (Å²) in [5, 5.41) is 0.306. The van der Waals surface area contributed by atoms with Gasteiger partial charge in [-0.15, -0.1) is 0 Å². The number of unbranched alkanes of at least 4 members (excludes halogenated alkanes) is 1. The minimum atomic E-state index is -1.56.